The van der Waals surface area contributed by atoms with Crippen molar-refractivity contribution < 1.29 is 29.3 Å². The van der Waals surface area contributed by atoms with Crippen LogP contribution in [0.4, 0.5) is 16.2 Å². The number of aliphatic hydroxyl groups is 1. The third kappa shape index (κ3) is 6.45. The number of nitrogens with zero attached hydrogens (tertiary/aromatic N) is 1. The van der Waals surface area contributed by atoms with Crippen LogP contribution < -0.4 is 15.4 Å². The molecule has 9 heteroatoms. The monoisotopic (exact) mass is 503 g/mol. The number of para-hydroxylation sites is 1. The molecule has 37 heavy (non-hydrogen) atoms. The topological polar surface area (TPSA) is 128 Å². The number of benzene rings is 3. The number of carbonyl (C=O) groups is 3. The summed E-state index contributed by atoms with van der Waals surface area (Å²) in [7, 11) is 0. The van der Waals surface area contributed by atoms with Crippen LogP contribution in [-0.2, 0) is 11.2 Å². The van der Waals surface area contributed by atoms with E-state index in [9.17, 15) is 19.5 Å². The molecule has 0 spiro atoms. The van der Waals surface area contributed by atoms with Crippen LogP contribution in [0.1, 0.15) is 34.3 Å². The second-order valence-electron chi connectivity index (χ2n) is 9.02. The van der Waals surface area contributed by atoms with E-state index in [-0.39, 0.29) is 30.5 Å². The highest BCUT2D eigenvalue weighted by Gasteiger charge is 2.42. The molecule has 3 amide bonds. The molecule has 3 aromatic carbocycles. The number of aryl methyl sites for hydroxylation is 1. The number of amides is 3. The normalized spacial score (nSPS) is 16.8. The van der Waals surface area contributed by atoms with Crippen LogP contribution in [0.2, 0.25) is 0 Å². The predicted molar refractivity (Wildman–Crippen MR) is 139 cm³/mol. The van der Waals surface area contributed by atoms with Crippen LogP contribution >= 0.6 is 0 Å². The van der Waals surface area contributed by atoms with E-state index in [0.717, 1.165) is 16.8 Å². The molecule has 1 aliphatic rings. The van der Waals surface area contributed by atoms with Gasteiger partial charge in [-0.3, -0.25) is 4.79 Å². The summed E-state index contributed by atoms with van der Waals surface area (Å²) < 4.78 is 5.68. The number of aromatic carboxylic acids is 1. The van der Waals surface area contributed by atoms with Crippen molar-refractivity contribution in [3.63, 3.8) is 0 Å². The Morgan fingerprint density at radius 2 is 1.68 bits per heavy atom. The summed E-state index contributed by atoms with van der Waals surface area (Å²) in [6, 6.07) is 20.0. The van der Waals surface area contributed by atoms with Crippen LogP contribution in [0, 0.1) is 6.92 Å². The minimum atomic E-state index is -1.45. The summed E-state index contributed by atoms with van der Waals surface area (Å²) in [5.74, 6) is -0.859. The van der Waals surface area contributed by atoms with Crippen LogP contribution in [0.25, 0.3) is 0 Å². The first kappa shape index (κ1) is 25.7. The molecule has 3 aromatic rings. The third-order valence-corrected chi connectivity index (χ3v) is 6.29. The van der Waals surface area contributed by atoms with Crippen LogP contribution in [0.3, 0.4) is 0 Å². The molecule has 0 radical (unpaired) electrons. The first-order chi connectivity index (χ1) is 17.7. The van der Waals surface area contributed by atoms with Gasteiger partial charge in [-0.25, -0.2) is 9.59 Å². The molecule has 0 aromatic heterocycles. The number of anilines is 2. The van der Waals surface area contributed by atoms with Crippen molar-refractivity contribution in [1.82, 2.24) is 4.90 Å². The molecule has 1 fully saturated rings. The highest BCUT2D eigenvalue weighted by Crippen LogP contribution is 2.29. The molecular weight excluding hydrogens is 474 g/mol. The van der Waals surface area contributed by atoms with E-state index in [1.54, 1.807) is 24.3 Å². The summed E-state index contributed by atoms with van der Waals surface area (Å²) in [6.45, 7) is 2.20. The SMILES string of the molecule is Cc1ccccc1NC(=O)Nc1ccc(CC(=O)N2CCC[C@]2(O)COc2ccc(C(=O)O)cc2)cc1. The maximum absolute atomic E-state index is 13.0. The van der Waals surface area contributed by atoms with Gasteiger partial charge >= 0.3 is 12.0 Å². The molecular formula is C28H29N3O6. The maximum Gasteiger partial charge on any atom is 0.335 e. The second-order valence-corrected chi connectivity index (χ2v) is 9.02. The van der Waals surface area contributed by atoms with Crippen molar-refractivity contribution in [2.24, 2.45) is 0 Å². The average Bonchev–Trinajstić information content (AvgIpc) is 3.27. The van der Waals surface area contributed by atoms with Crippen molar-refractivity contribution in [1.29, 1.82) is 0 Å². The maximum atomic E-state index is 13.0. The van der Waals surface area contributed by atoms with Crippen molar-refractivity contribution in [2.75, 3.05) is 23.8 Å². The van der Waals surface area contributed by atoms with Crippen molar-refractivity contribution in [3.05, 3.63) is 89.5 Å². The average molecular weight is 504 g/mol. The number of carboxylic acid groups (broad SMARTS) is 1. The summed E-state index contributed by atoms with van der Waals surface area (Å²) in [4.78, 5) is 37.8. The molecule has 1 aliphatic heterocycles. The number of carboxylic acids is 1. The number of urea groups is 1. The number of rotatable bonds is 8. The quantitative estimate of drug-likeness (QED) is 0.364. The Labute approximate surface area is 214 Å². The van der Waals surface area contributed by atoms with Gasteiger partial charge in [0.1, 0.15) is 12.4 Å². The second kappa shape index (κ2) is 11.1. The Morgan fingerprint density at radius 3 is 2.35 bits per heavy atom. The predicted octanol–water partition coefficient (Wildman–Crippen LogP) is 4.27. The fraction of sp³-hybridized carbons (Fsp3) is 0.250. The highest BCUT2D eigenvalue weighted by molar-refractivity contribution is 6.00. The molecule has 4 N–H and O–H groups in total. The van der Waals surface area contributed by atoms with E-state index in [1.165, 1.54) is 29.2 Å². The Bertz CT molecular complexity index is 1280. The third-order valence-electron chi connectivity index (χ3n) is 6.29. The molecule has 0 bridgehead atoms. The Kier molecular flexibility index (Phi) is 7.74. The zero-order valence-corrected chi connectivity index (χ0v) is 20.4. The lowest BCUT2D eigenvalue weighted by Gasteiger charge is -2.33. The molecule has 0 saturated carbocycles. The van der Waals surface area contributed by atoms with Gasteiger partial charge in [-0.15, -0.1) is 0 Å². The van der Waals surface area contributed by atoms with E-state index < -0.39 is 11.7 Å². The highest BCUT2D eigenvalue weighted by atomic mass is 16.5. The lowest BCUT2D eigenvalue weighted by atomic mass is 10.1. The number of hydrogen-bond donors (Lipinski definition) is 4. The van der Waals surface area contributed by atoms with Crippen molar-refractivity contribution in [3.8, 4) is 5.75 Å². The van der Waals surface area contributed by atoms with Gasteiger partial charge in [0.15, 0.2) is 5.72 Å². The summed E-state index contributed by atoms with van der Waals surface area (Å²) in [6.07, 6.45) is 1.11. The Balaban J connectivity index is 1.31. The first-order valence-corrected chi connectivity index (χ1v) is 12.0. The van der Waals surface area contributed by atoms with Crippen molar-refractivity contribution >= 4 is 29.3 Å². The van der Waals surface area contributed by atoms with E-state index in [0.29, 0.717) is 30.8 Å². The van der Waals surface area contributed by atoms with Gasteiger partial charge in [-0.2, -0.15) is 0 Å². The van der Waals surface area contributed by atoms with Gasteiger partial charge in [0.2, 0.25) is 5.91 Å². The first-order valence-electron chi connectivity index (χ1n) is 12.0. The fourth-order valence-electron chi connectivity index (χ4n) is 4.24. The molecule has 9 nitrogen and oxygen atoms in total. The van der Waals surface area contributed by atoms with E-state index in [4.69, 9.17) is 9.84 Å². The lowest BCUT2D eigenvalue weighted by molar-refractivity contribution is -0.157. The van der Waals surface area contributed by atoms with Gasteiger partial charge in [0.25, 0.3) is 0 Å². The van der Waals surface area contributed by atoms with Crippen molar-refractivity contribution in [2.45, 2.75) is 31.9 Å². The smallest absolute Gasteiger partial charge is 0.335 e. The number of nitrogens with one attached hydrogen (secondary N) is 2. The molecule has 1 atom stereocenters. The minimum absolute atomic E-state index is 0.0886. The molecule has 0 aliphatic carbocycles. The van der Waals surface area contributed by atoms with E-state index in [1.807, 2.05) is 31.2 Å². The van der Waals surface area contributed by atoms with Gasteiger partial charge in [-0.05, 0) is 66.9 Å². The van der Waals surface area contributed by atoms with E-state index in [2.05, 4.69) is 10.6 Å². The van der Waals surface area contributed by atoms with Crippen LogP contribution in [-0.4, -0.2) is 51.9 Å². The standard InChI is InChI=1S/C28H29N3O6/c1-19-5-2-3-6-24(19)30-27(35)29-22-11-7-20(8-12-22)17-25(32)31-16-4-15-28(31,36)18-37-23-13-9-21(10-14-23)26(33)34/h2-3,5-14,36H,4,15-18H2,1H3,(H,33,34)(H2,29,30,35)/t28-/m0/s1. The lowest BCUT2D eigenvalue weighted by Crippen LogP contribution is -2.51. The minimum Gasteiger partial charge on any atom is -0.489 e. The summed E-state index contributed by atoms with van der Waals surface area (Å²) >= 11 is 0. The number of hydrogen-bond acceptors (Lipinski definition) is 5. The number of carbonyl (C=O) groups excluding carboxylic acids is 2. The zero-order valence-electron chi connectivity index (χ0n) is 20.4. The Hall–Kier alpha value is -4.37. The molecule has 1 heterocycles. The van der Waals surface area contributed by atoms with Gasteiger partial charge in [0.05, 0.1) is 12.0 Å². The largest absolute Gasteiger partial charge is 0.489 e. The molecule has 1 saturated heterocycles. The molecule has 4 rings (SSSR count). The number of ether oxygens (including phenoxy) is 1. The fourth-order valence-corrected chi connectivity index (χ4v) is 4.24. The van der Waals surface area contributed by atoms with Crippen LogP contribution in [0.15, 0.2) is 72.8 Å². The van der Waals surface area contributed by atoms with Gasteiger partial charge < -0.3 is 30.5 Å². The van der Waals surface area contributed by atoms with Gasteiger partial charge in [-0.1, -0.05) is 30.3 Å². The zero-order chi connectivity index (χ0) is 26.4. The summed E-state index contributed by atoms with van der Waals surface area (Å²) in [5.41, 5.74) is 1.70. The molecule has 192 valence electrons. The number of likely N-dealkylation sites (tertiary alicyclic amines) is 1. The van der Waals surface area contributed by atoms with Crippen LogP contribution in [0.5, 0.6) is 5.75 Å². The molecule has 0 unspecified atom stereocenters. The van der Waals surface area contributed by atoms with Gasteiger partial charge in [0, 0.05) is 24.3 Å². The Morgan fingerprint density at radius 1 is 0.973 bits per heavy atom. The van der Waals surface area contributed by atoms with E-state index >= 15 is 0 Å². The summed E-state index contributed by atoms with van der Waals surface area (Å²) in [5, 5.41) is 25.7.